The lowest BCUT2D eigenvalue weighted by atomic mass is 9.64. The van der Waals surface area contributed by atoms with Crippen LogP contribution in [0.5, 0.6) is 5.75 Å². The molecule has 0 spiro atoms. The predicted octanol–water partition coefficient (Wildman–Crippen LogP) is 0.503. The summed E-state index contributed by atoms with van der Waals surface area (Å²) in [5.74, 6) is -0.418. The van der Waals surface area contributed by atoms with E-state index in [1.165, 1.54) is 11.6 Å². The highest BCUT2D eigenvalue weighted by atomic mass is 16.5. The maximum Gasteiger partial charge on any atom is 0.526 e. The topological polar surface area (TPSA) is 136 Å². The molecule has 2 atom stereocenters. The standard InChI is InChI=1S/C20H24BN5O5/c1-12(27)17-4-2-3-14-8-15(21(30)31-19(14)17)9-18(29)20-23-24-25-26(20)11-16(28)7-13-5-6-22-10-13/h2-4,13,15,22,30H,5-11H2,1H3/t13-,15-/m1/s1. The summed E-state index contributed by atoms with van der Waals surface area (Å²) in [5, 5.41) is 24.8. The number of tetrazole rings is 1. The summed E-state index contributed by atoms with van der Waals surface area (Å²) in [4.78, 5) is 37.0. The van der Waals surface area contributed by atoms with Gasteiger partial charge in [0.05, 0.1) is 5.56 Å². The van der Waals surface area contributed by atoms with Gasteiger partial charge in [-0.2, -0.15) is 0 Å². The van der Waals surface area contributed by atoms with Gasteiger partial charge in [0.2, 0.25) is 11.6 Å². The highest BCUT2D eigenvalue weighted by Crippen LogP contribution is 2.36. The molecule has 1 aromatic carbocycles. The molecule has 3 heterocycles. The number of aromatic nitrogens is 4. The van der Waals surface area contributed by atoms with E-state index in [2.05, 4.69) is 20.8 Å². The normalized spacial score (nSPS) is 20.3. The molecular formula is C20H24BN5O5. The van der Waals surface area contributed by atoms with Crippen molar-refractivity contribution in [2.45, 2.75) is 45.0 Å². The number of rotatable bonds is 8. The fourth-order valence-electron chi connectivity index (χ4n) is 4.22. The lowest BCUT2D eigenvalue weighted by molar-refractivity contribution is -0.120. The molecule has 1 aromatic heterocycles. The number of ketones is 3. The van der Waals surface area contributed by atoms with Crippen molar-refractivity contribution in [3.05, 3.63) is 35.2 Å². The molecule has 1 fully saturated rings. The van der Waals surface area contributed by atoms with Crippen molar-refractivity contribution >= 4 is 24.5 Å². The molecule has 1 saturated heterocycles. The molecule has 2 N–H and O–H groups in total. The van der Waals surface area contributed by atoms with E-state index in [4.69, 9.17) is 4.65 Å². The Morgan fingerprint density at radius 2 is 2.16 bits per heavy atom. The summed E-state index contributed by atoms with van der Waals surface area (Å²) in [6, 6.07) is 5.21. The fraction of sp³-hybridized carbons (Fsp3) is 0.500. The first-order valence-electron chi connectivity index (χ1n) is 10.4. The predicted molar refractivity (Wildman–Crippen MR) is 110 cm³/mol. The number of fused-ring (bicyclic) bond motifs is 1. The minimum absolute atomic E-state index is 0.00613. The van der Waals surface area contributed by atoms with Crippen LogP contribution >= 0.6 is 0 Å². The molecule has 10 nitrogen and oxygen atoms in total. The number of hydrogen-bond donors (Lipinski definition) is 2. The van der Waals surface area contributed by atoms with E-state index in [0.29, 0.717) is 30.1 Å². The van der Waals surface area contributed by atoms with Crippen LogP contribution in [-0.2, 0) is 17.8 Å². The molecule has 2 aliphatic rings. The lowest BCUT2D eigenvalue weighted by Crippen LogP contribution is -2.36. The van der Waals surface area contributed by atoms with E-state index in [1.807, 2.05) is 6.07 Å². The van der Waals surface area contributed by atoms with Gasteiger partial charge in [-0.05, 0) is 60.8 Å². The van der Waals surface area contributed by atoms with Crippen LogP contribution in [0.1, 0.15) is 52.7 Å². The van der Waals surface area contributed by atoms with E-state index < -0.39 is 12.9 Å². The van der Waals surface area contributed by atoms with Crippen molar-refractivity contribution in [1.29, 1.82) is 0 Å². The third kappa shape index (κ3) is 4.72. The summed E-state index contributed by atoms with van der Waals surface area (Å²) >= 11 is 0. The van der Waals surface area contributed by atoms with Gasteiger partial charge in [0, 0.05) is 18.7 Å². The molecule has 0 radical (unpaired) electrons. The van der Waals surface area contributed by atoms with Crippen molar-refractivity contribution in [2.24, 2.45) is 5.92 Å². The fourth-order valence-corrected chi connectivity index (χ4v) is 4.22. The highest BCUT2D eigenvalue weighted by Gasteiger charge is 2.38. The maximum absolute atomic E-state index is 12.8. The SMILES string of the molecule is CC(=O)c1cccc2c1OB(O)[C@@H](CC(=O)c1nnnn1CC(=O)C[C@H]1CCNC1)C2. The quantitative estimate of drug-likeness (QED) is 0.458. The summed E-state index contributed by atoms with van der Waals surface area (Å²) in [7, 11) is -1.24. The molecule has 0 saturated carbocycles. The zero-order valence-electron chi connectivity index (χ0n) is 17.3. The second-order valence-corrected chi connectivity index (χ2v) is 8.21. The van der Waals surface area contributed by atoms with Crippen LogP contribution in [0.3, 0.4) is 0 Å². The van der Waals surface area contributed by atoms with Gasteiger partial charge in [-0.1, -0.05) is 12.1 Å². The van der Waals surface area contributed by atoms with Gasteiger partial charge >= 0.3 is 7.12 Å². The Hall–Kier alpha value is -2.92. The van der Waals surface area contributed by atoms with Gasteiger partial charge < -0.3 is 15.0 Å². The largest absolute Gasteiger partial charge is 0.535 e. The number of hydrogen-bond acceptors (Lipinski definition) is 9. The molecule has 162 valence electrons. The third-order valence-electron chi connectivity index (χ3n) is 5.83. The first kappa shape index (κ1) is 21.3. The molecule has 2 aliphatic heterocycles. The number of Topliss-reactive ketones (excluding diaryl/α,β-unsaturated/α-hetero) is 3. The van der Waals surface area contributed by atoms with Crippen LogP contribution in [0, 0.1) is 5.92 Å². The molecule has 31 heavy (non-hydrogen) atoms. The smallest absolute Gasteiger partial charge is 0.526 e. The number of benzene rings is 1. The van der Waals surface area contributed by atoms with E-state index >= 15 is 0 Å². The van der Waals surface area contributed by atoms with Gasteiger partial charge in [0.1, 0.15) is 12.3 Å². The summed E-state index contributed by atoms with van der Waals surface area (Å²) in [6.07, 6.45) is 1.70. The van der Waals surface area contributed by atoms with Crippen molar-refractivity contribution in [3.63, 3.8) is 0 Å². The third-order valence-corrected chi connectivity index (χ3v) is 5.83. The first-order valence-corrected chi connectivity index (χ1v) is 10.4. The van der Waals surface area contributed by atoms with E-state index in [9.17, 15) is 19.4 Å². The van der Waals surface area contributed by atoms with Gasteiger partial charge in [-0.25, -0.2) is 4.68 Å². The van der Waals surface area contributed by atoms with E-state index in [-0.39, 0.29) is 36.1 Å². The van der Waals surface area contributed by atoms with Crippen molar-refractivity contribution < 1.29 is 24.1 Å². The van der Waals surface area contributed by atoms with Gasteiger partial charge in [-0.3, -0.25) is 14.4 Å². The van der Waals surface area contributed by atoms with Gasteiger partial charge in [0.25, 0.3) is 0 Å². The van der Waals surface area contributed by atoms with Gasteiger partial charge in [0.15, 0.2) is 11.6 Å². The molecule has 11 heteroatoms. The Balaban J connectivity index is 1.42. The van der Waals surface area contributed by atoms with Crippen molar-refractivity contribution in [3.8, 4) is 5.75 Å². The molecule has 2 aromatic rings. The van der Waals surface area contributed by atoms with Crippen LogP contribution < -0.4 is 9.97 Å². The van der Waals surface area contributed by atoms with Crippen LogP contribution in [0.2, 0.25) is 5.82 Å². The average molecular weight is 425 g/mol. The van der Waals surface area contributed by atoms with Crippen LogP contribution in [-0.4, -0.2) is 62.8 Å². The Kier molecular flexibility index (Phi) is 6.24. The summed E-state index contributed by atoms with van der Waals surface area (Å²) in [5.41, 5.74) is 1.16. The molecular weight excluding hydrogens is 401 g/mol. The number of nitrogens with one attached hydrogen (secondary N) is 1. The average Bonchev–Trinajstić information content (AvgIpc) is 3.40. The van der Waals surface area contributed by atoms with Crippen LogP contribution in [0.15, 0.2) is 18.2 Å². The number of carbonyl (C=O) groups is 3. The van der Waals surface area contributed by atoms with E-state index in [0.717, 1.165) is 25.1 Å². The Morgan fingerprint density at radius 1 is 1.32 bits per heavy atom. The lowest BCUT2D eigenvalue weighted by Gasteiger charge is -2.28. The number of nitrogens with zero attached hydrogens (tertiary/aromatic N) is 4. The second-order valence-electron chi connectivity index (χ2n) is 8.21. The zero-order chi connectivity index (χ0) is 22.0. The number of carbonyl (C=O) groups excluding carboxylic acids is 3. The van der Waals surface area contributed by atoms with Crippen LogP contribution in [0.25, 0.3) is 0 Å². The maximum atomic E-state index is 12.8. The minimum Gasteiger partial charge on any atom is -0.535 e. The Bertz CT molecular complexity index is 1000. The summed E-state index contributed by atoms with van der Waals surface area (Å²) < 4.78 is 6.82. The molecule has 4 rings (SSSR count). The van der Waals surface area contributed by atoms with Crippen LogP contribution in [0.4, 0.5) is 0 Å². The Morgan fingerprint density at radius 3 is 2.90 bits per heavy atom. The van der Waals surface area contributed by atoms with Crippen molar-refractivity contribution in [1.82, 2.24) is 25.5 Å². The highest BCUT2D eigenvalue weighted by molar-refractivity contribution is 6.47. The molecule has 0 unspecified atom stereocenters. The van der Waals surface area contributed by atoms with Gasteiger partial charge in [-0.15, -0.1) is 5.10 Å². The molecule has 0 bridgehead atoms. The minimum atomic E-state index is -1.24. The zero-order valence-corrected chi connectivity index (χ0v) is 17.3. The Labute approximate surface area is 179 Å². The number of para-hydroxylation sites is 1. The monoisotopic (exact) mass is 425 g/mol. The van der Waals surface area contributed by atoms with E-state index in [1.54, 1.807) is 12.1 Å². The first-order chi connectivity index (χ1) is 14.9. The molecule has 0 amide bonds. The second kappa shape index (κ2) is 9.07. The summed E-state index contributed by atoms with van der Waals surface area (Å²) in [6.45, 7) is 3.11. The van der Waals surface area contributed by atoms with Crippen molar-refractivity contribution in [2.75, 3.05) is 13.1 Å². The molecule has 0 aliphatic carbocycles.